The monoisotopic (exact) mass is 300 g/mol. The average molecular weight is 301 g/mol. The first-order valence-corrected chi connectivity index (χ1v) is 7.69. The fourth-order valence-electron chi connectivity index (χ4n) is 2.72. The largest absolute Gasteiger partial charge is 0.316 e. The van der Waals surface area contributed by atoms with Crippen LogP contribution < -0.4 is 5.32 Å². The van der Waals surface area contributed by atoms with Gasteiger partial charge in [-0.1, -0.05) is 29.3 Å². The number of benzene rings is 1. The Bertz CT molecular complexity index is 417. The molecule has 2 unspecified atom stereocenters. The van der Waals surface area contributed by atoms with Gasteiger partial charge in [0.15, 0.2) is 0 Å². The van der Waals surface area contributed by atoms with E-state index in [1.54, 1.807) is 0 Å². The third-order valence-corrected chi connectivity index (χ3v) is 4.58. The molecule has 2 nitrogen and oxygen atoms in total. The van der Waals surface area contributed by atoms with E-state index in [1.165, 1.54) is 19.4 Å². The molecule has 1 aliphatic heterocycles. The van der Waals surface area contributed by atoms with Gasteiger partial charge in [0.1, 0.15) is 0 Å². The molecule has 1 aromatic rings. The first-order chi connectivity index (χ1) is 9.08. The number of rotatable bonds is 4. The molecule has 1 N–H and O–H groups in total. The van der Waals surface area contributed by atoms with Crippen molar-refractivity contribution in [3.63, 3.8) is 0 Å². The van der Waals surface area contributed by atoms with Gasteiger partial charge in [-0.25, -0.2) is 0 Å². The van der Waals surface area contributed by atoms with Gasteiger partial charge in [0, 0.05) is 22.6 Å². The van der Waals surface area contributed by atoms with Crippen LogP contribution in [0.5, 0.6) is 0 Å². The van der Waals surface area contributed by atoms with Gasteiger partial charge < -0.3 is 5.32 Å². The number of nitrogens with one attached hydrogen (secondary N) is 1. The summed E-state index contributed by atoms with van der Waals surface area (Å²) in [7, 11) is 2.17. The molecule has 19 heavy (non-hydrogen) atoms. The smallest absolute Gasteiger partial charge is 0.0468 e. The van der Waals surface area contributed by atoms with E-state index < -0.39 is 0 Å². The minimum atomic E-state index is 0.312. The lowest BCUT2D eigenvalue weighted by Crippen LogP contribution is -2.37. The Labute approximate surface area is 126 Å². The van der Waals surface area contributed by atoms with Crippen molar-refractivity contribution in [3.8, 4) is 0 Å². The van der Waals surface area contributed by atoms with E-state index in [-0.39, 0.29) is 0 Å². The first-order valence-electron chi connectivity index (χ1n) is 6.94. The predicted molar refractivity (Wildman–Crippen MR) is 83.1 cm³/mol. The van der Waals surface area contributed by atoms with Crippen molar-refractivity contribution in [2.24, 2.45) is 5.92 Å². The Morgan fingerprint density at radius 2 is 2.21 bits per heavy atom. The van der Waals surface area contributed by atoms with Crippen LogP contribution in [-0.2, 0) is 0 Å². The zero-order valence-corrected chi connectivity index (χ0v) is 13.1. The molecule has 1 heterocycles. The van der Waals surface area contributed by atoms with Crippen LogP contribution in [0.4, 0.5) is 0 Å². The number of nitrogens with zero attached hydrogens (tertiary/aromatic N) is 1. The van der Waals surface area contributed by atoms with Gasteiger partial charge in [-0.3, -0.25) is 4.90 Å². The molecule has 2 rings (SSSR count). The highest BCUT2D eigenvalue weighted by atomic mass is 35.5. The Kier molecular flexibility index (Phi) is 5.52. The minimum absolute atomic E-state index is 0.312. The van der Waals surface area contributed by atoms with Gasteiger partial charge in [-0.05, 0) is 63.5 Å². The van der Waals surface area contributed by atoms with Gasteiger partial charge >= 0.3 is 0 Å². The summed E-state index contributed by atoms with van der Waals surface area (Å²) < 4.78 is 0. The van der Waals surface area contributed by atoms with Crippen molar-refractivity contribution in [1.29, 1.82) is 0 Å². The van der Waals surface area contributed by atoms with Crippen molar-refractivity contribution in [3.05, 3.63) is 33.8 Å². The summed E-state index contributed by atoms with van der Waals surface area (Å²) in [6.45, 7) is 5.60. The second-order valence-corrected chi connectivity index (χ2v) is 6.34. The van der Waals surface area contributed by atoms with Gasteiger partial charge in [-0.15, -0.1) is 0 Å². The minimum Gasteiger partial charge on any atom is -0.316 e. The molecule has 1 fully saturated rings. The van der Waals surface area contributed by atoms with Crippen molar-refractivity contribution in [2.45, 2.75) is 25.8 Å². The van der Waals surface area contributed by atoms with Crippen LogP contribution in [0.15, 0.2) is 18.2 Å². The van der Waals surface area contributed by atoms with Crippen molar-refractivity contribution < 1.29 is 0 Å². The quantitative estimate of drug-likeness (QED) is 0.904. The van der Waals surface area contributed by atoms with Crippen LogP contribution >= 0.6 is 23.2 Å². The molecule has 0 saturated carbocycles. The molecule has 1 saturated heterocycles. The second-order valence-electron chi connectivity index (χ2n) is 5.49. The van der Waals surface area contributed by atoms with Crippen LogP contribution in [0.3, 0.4) is 0 Å². The highest BCUT2D eigenvalue weighted by molar-refractivity contribution is 6.35. The molecule has 0 amide bonds. The van der Waals surface area contributed by atoms with E-state index >= 15 is 0 Å². The SMILES string of the molecule is CC(c1ccc(Cl)cc1Cl)N(C)CC1CCCNC1. The Hall–Kier alpha value is -0.280. The summed E-state index contributed by atoms with van der Waals surface area (Å²) >= 11 is 12.2. The third-order valence-electron chi connectivity index (χ3n) is 4.02. The summed E-state index contributed by atoms with van der Waals surface area (Å²) in [5, 5.41) is 4.92. The molecule has 2 atom stereocenters. The molecule has 4 heteroatoms. The van der Waals surface area contributed by atoms with Crippen LogP contribution in [0, 0.1) is 5.92 Å². The first kappa shape index (κ1) is 15.1. The van der Waals surface area contributed by atoms with Crippen LogP contribution in [0.1, 0.15) is 31.4 Å². The molecule has 0 radical (unpaired) electrons. The zero-order valence-electron chi connectivity index (χ0n) is 11.6. The van der Waals surface area contributed by atoms with Gasteiger partial charge in [0.05, 0.1) is 0 Å². The van der Waals surface area contributed by atoms with Gasteiger partial charge in [-0.2, -0.15) is 0 Å². The molecular weight excluding hydrogens is 279 g/mol. The topological polar surface area (TPSA) is 15.3 Å². The van der Waals surface area contributed by atoms with E-state index in [1.807, 2.05) is 18.2 Å². The lowest BCUT2D eigenvalue weighted by atomic mass is 9.98. The maximum absolute atomic E-state index is 6.29. The Morgan fingerprint density at radius 3 is 2.84 bits per heavy atom. The second kappa shape index (κ2) is 6.94. The summed E-state index contributed by atoms with van der Waals surface area (Å²) in [5.41, 5.74) is 1.15. The fraction of sp³-hybridized carbons (Fsp3) is 0.600. The van der Waals surface area contributed by atoms with Crippen molar-refractivity contribution in [2.75, 3.05) is 26.7 Å². The van der Waals surface area contributed by atoms with Crippen molar-refractivity contribution >= 4 is 23.2 Å². The highest BCUT2D eigenvalue weighted by Gasteiger charge is 2.20. The van der Waals surface area contributed by atoms with E-state index in [0.717, 1.165) is 29.6 Å². The molecule has 1 aliphatic rings. The predicted octanol–water partition coefficient (Wildman–Crippen LogP) is 3.99. The van der Waals surface area contributed by atoms with Crippen molar-refractivity contribution in [1.82, 2.24) is 10.2 Å². The summed E-state index contributed by atoms with van der Waals surface area (Å²) in [6, 6.07) is 6.08. The Morgan fingerprint density at radius 1 is 1.42 bits per heavy atom. The van der Waals surface area contributed by atoms with E-state index in [4.69, 9.17) is 23.2 Å². The molecule has 0 bridgehead atoms. The third kappa shape index (κ3) is 4.09. The normalized spacial score (nSPS) is 21.6. The number of hydrogen-bond acceptors (Lipinski definition) is 2. The van der Waals surface area contributed by atoms with E-state index in [2.05, 4.69) is 24.2 Å². The van der Waals surface area contributed by atoms with Gasteiger partial charge in [0.25, 0.3) is 0 Å². The molecular formula is C15H22Cl2N2. The van der Waals surface area contributed by atoms with Crippen LogP contribution in [0.2, 0.25) is 10.0 Å². The Balaban J connectivity index is 1.99. The summed E-state index contributed by atoms with van der Waals surface area (Å²) in [4.78, 5) is 2.38. The number of halogens is 2. The fourth-order valence-corrected chi connectivity index (χ4v) is 3.29. The lowest BCUT2D eigenvalue weighted by Gasteiger charge is -2.32. The van der Waals surface area contributed by atoms with Crippen LogP contribution in [0.25, 0.3) is 0 Å². The zero-order chi connectivity index (χ0) is 13.8. The standard InChI is InChI=1S/C15H22Cl2N2/c1-11(14-6-5-13(16)8-15(14)17)19(2)10-12-4-3-7-18-9-12/h5-6,8,11-12,18H,3-4,7,9-10H2,1-2H3. The molecule has 106 valence electrons. The highest BCUT2D eigenvalue weighted by Crippen LogP contribution is 2.29. The molecule has 0 spiro atoms. The maximum Gasteiger partial charge on any atom is 0.0468 e. The molecule has 1 aromatic carbocycles. The average Bonchev–Trinajstić information content (AvgIpc) is 2.39. The number of piperidine rings is 1. The lowest BCUT2D eigenvalue weighted by molar-refractivity contribution is 0.199. The van der Waals surface area contributed by atoms with E-state index in [0.29, 0.717) is 11.1 Å². The molecule has 0 aliphatic carbocycles. The van der Waals surface area contributed by atoms with E-state index in [9.17, 15) is 0 Å². The summed E-state index contributed by atoms with van der Waals surface area (Å²) in [6.07, 6.45) is 2.60. The van der Waals surface area contributed by atoms with Gasteiger partial charge in [0.2, 0.25) is 0 Å². The summed E-state index contributed by atoms with van der Waals surface area (Å²) in [5.74, 6) is 0.743. The molecule has 0 aromatic heterocycles. The number of hydrogen-bond donors (Lipinski definition) is 1. The maximum atomic E-state index is 6.29. The van der Waals surface area contributed by atoms with Crippen LogP contribution in [-0.4, -0.2) is 31.6 Å².